The lowest BCUT2D eigenvalue weighted by Crippen LogP contribution is -2.36. The molecule has 108 valence electrons. The number of hydrogen-bond acceptors (Lipinski definition) is 1. The summed E-state index contributed by atoms with van der Waals surface area (Å²) >= 11 is 0. The van der Waals surface area contributed by atoms with E-state index in [4.69, 9.17) is 6.42 Å². The fourth-order valence-electron chi connectivity index (χ4n) is 2.03. The molecule has 2 amide bonds. The third-order valence-corrected chi connectivity index (χ3v) is 3.16. The fraction of sp³-hybridized carbons (Fsp3) is 0.471. The molecular formula is C17H24N2O. The molecule has 0 aliphatic rings. The van der Waals surface area contributed by atoms with Gasteiger partial charge in [-0.1, -0.05) is 44.6 Å². The maximum atomic E-state index is 11.8. The topological polar surface area (TPSA) is 41.1 Å². The molecule has 1 atom stereocenters. The number of unbranched alkanes of at least 4 members (excludes halogenated alkanes) is 3. The van der Waals surface area contributed by atoms with Crippen LogP contribution >= 0.6 is 0 Å². The Kier molecular flexibility index (Phi) is 7.27. The van der Waals surface area contributed by atoms with Gasteiger partial charge in [-0.25, -0.2) is 4.79 Å². The third-order valence-electron chi connectivity index (χ3n) is 3.16. The van der Waals surface area contributed by atoms with E-state index in [1.807, 2.05) is 25.1 Å². The Morgan fingerprint density at radius 2 is 2.15 bits per heavy atom. The van der Waals surface area contributed by atoms with Crippen LogP contribution in [0.3, 0.4) is 0 Å². The van der Waals surface area contributed by atoms with E-state index in [9.17, 15) is 4.79 Å². The fourth-order valence-corrected chi connectivity index (χ4v) is 2.03. The van der Waals surface area contributed by atoms with Gasteiger partial charge in [0.2, 0.25) is 0 Å². The van der Waals surface area contributed by atoms with E-state index >= 15 is 0 Å². The van der Waals surface area contributed by atoms with Crippen LogP contribution in [0.4, 0.5) is 10.5 Å². The summed E-state index contributed by atoms with van der Waals surface area (Å²) in [6.07, 6.45) is 11.2. The summed E-state index contributed by atoms with van der Waals surface area (Å²) in [4.78, 5) is 11.8. The van der Waals surface area contributed by atoms with E-state index in [1.165, 1.54) is 19.3 Å². The number of benzene rings is 1. The Morgan fingerprint density at radius 1 is 1.35 bits per heavy atom. The minimum absolute atomic E-state index is 0.179. The summed E-state index contributed by atoms with van der Waals surface area (Å²) in [6.45, 7) is 4.23. The molecule has 3 heteroatoms. The maximum absolute atomic E-state index is 11.8. The molecule has 20 heavy (non-hydrogen) atoms. The Bertz CT molecular complexity index is 462. The highest BCUT2D eigenvalue weighted by Gasteiger charge is 2.07. The second kappa shape index (κ2) is 9.03. The number of carbonyl (C=O) groups excluding carboxylic acids is 1. The number of amides is 2. The number of terminal acetylenes is 1. The summed E-state index contributed by atoms with van der Waals surface area (Å²) in [7, 11) is 0. The number of urea groups is 1. The van der Waals surface area contributed by atoms with E-state index in [2.05, 4.69) is 23.5 Å². The minimum atomic E-state index is -0.179. The lowest BCUT2D eigenvalue weighted by atomic mass is 10.1. The molecular weight excluding hydrogens is 248 g/mol. The minimum Gasteiger partial charge on any atom is -0.335 e. The first-order valence-electron chi connectivity index (χ1n) is 7.30. The van der Waals surface area contributed by atoms with Gasteiger partial charge >= 0.3 is 6.03 Å². The molecule has 0 fully saturated rings. The van der Waals surface area contributed by atoms with Crippen LogP contribution in [0, 0.1) is 12.3 Å². The van der Waals surface area contributed by atoms with Crippen molar-refractivity contribution in [3.8, 4) is 12.3 Å². The normalized spacial score (nSPS) is 11.4. The smallest absolute Gasteiger partial charge is 0.319 e. The zero-order valence-electron chi connectivity index (χ0n) is 12.4. The first-order chi connectivity index (χ1) is 9.65. The van der Waals surface area contributed by atoms with Gasteiger partial charge in [0.1, 0.15) is 0 Å². The number of rotatable bonds is 7. The highest BCUT2D eigenvalue weighted by atomic mass is 16.2. The Morgan fingerprint density at radius 3 is 2.85 bits per heavy atom. The van der Waals surface area contributed by atoms with Gasteiger partial charge in [0.25, 0.3) is 0 Å². The van der Waals surface area contributed by atoms with Crippen LogP contribution in [-0.2, 0) is 0 Å². The molecule has 0 radical (unpaired) electrons. The van der Waals surface area contributed by atoms with Crippen LogP contribution in [-0.4, -0.2) is 12.1 Å². The Labute approximate surface area is 122 Å². The molecule has 0 aliphatic heterocycles. The average molecular weight is 272 g/mol. The number of hydrogen-bond donors (Lipinski definition) is 2. The first kappa shape index (κ1) is 16.1. The van der Waals surface area contributed by atoms with Gasteiger partial charge in [-0.15, -0.1) is 6.42 Å². The highest BCUT2D eigenvalue weighted by Crippen LogP contribution is 2.10. The second-order valence-corrected chi connectivity index (χ2v) is 5.07. The van der Waals surface area contributed by atoms with Crippen LogP contribution in [0.2, 0.25) is 0 Å². The van der Waals surface area contributed by atoms with Crippen molar-refractivity contribution in [2.75, 3.05) is 5.32 Å². The molecule has 0 spiro atoms. The van der Waals surface area contributed by atoms with Crippen molar-refractivity contribution in [3.63, 3.8) is 0 Å². The van der Waals surface area contributed by atoms with Crippen molar-refractivity contribution >= 4 is 11.7 Å². The van der Waals surface area contributed by atoms with Crippen molar-refractivity contribution in [2.24, 2.45) is 0 Å². The van der Waals surface area contributed by atoms with Crippen LogP contribution in [0.15, 0.2) is 24.3 Å². The average Bonchev–Trinajstić information content (AvgIpc) is 2.43. The molecule has 1 aromatic rings. The number of anilines is 1. The monoisotopic (exact) mass is 272 g/mol. The molecule has 1 unspecified atom stereocenters. The van der Waals surface area contributed by atoms with Gasteiger partial charge in [-0.05, 0) is 31.5 Å². The second-order valence-electron chi connectivity index (χ2n) is 5.07. The van der Waals surface area contributed by atoms with Crippen LogP contribution in [0.5, 0.6) is 0 Å². The van der Waals surface area contributed by atoms with Gasteiger partial charge in [-0.2, -0.15) is 0 Å². The summed E-state index contributed by atoms with van der Waals surface area (Å²) in [5.41, 5.74) is 1.48. The maximum Gasteiger partial charge on any atom is 0.319 e. The van der Waals surface area contributed by atoms with E-state index in [0.29, 0.717) is 0 Å². The molecule has 1 aromatic carbocycles. The van der Waals surface area contributed by atoms with E-state index in [1.54, 1.807) is 6.07 Å². The Hall–Kier alpha value is -1.95. The molecule has 0 aliphatic carbocycles. The predicted octanol–water partition coefficient (Wildman–Crippen LogP) is 4.15. The molecule has 2 N–H and O–H groups in total. The summed E-state index contributed by atoms with van der Waals surface area (Å²) in [5, 5.41) is 5.74. The van der Waals surface area contributed by atoms with Gasteiger partial charge in [-0.3, -0.25) is 0 Å². The number of nitrogens with one attached hydrogen (secondary N) is 2. The van der Waals surface area contributed by atoms with Crippen molar-refractivity contribution in [1.82, 2.24) is 5.32 Å². The van der Waals surface area contributed by atoms with E-state index in [0.717, 1.165) is 24.1 Å². The van der Waals surface area contributed by atoms with E-state index in [-0.39, 0.29) is 12.1 Å². The largest absolute Gasteiger partial charge is 0.335 e. The third kappa shape index (κ3) is 6.29. The number of carbonyl (C=O) groups is 1. The summed E-state index contributed by atoms with van der Waals surface area (Å²) in [6, 6.07) is 7.28. The van der Waals surface area contributed by atoms with Gasteiger partial charge < -0.3 is 10.6 Å². The molecule has 0 saturated heterocycles. The van der Waals surface area contributed by atoms with Crippen molar-refractivity contribution in [2.45, 2.75) is 52.0 Å². The molecule has 0 bridgehead atoms. The highest BCUT2D eigenvalue weighted by molar-refractivity contribution is 5.89. The molecule has 3 nitrogen and oxygen atoms in total. The Balaban J connectivity index is 2.33. The first-order valence-corrected chi connectivity index (χ1v) is 7.30. The van der Waals surface area contributed by atoms with Gasteiger partial charge in [0.15, 0.2) is 0 Å². The molecule has 0 aromatic heterocycles. The quantitative estimate of drug-likeness (QED) is 0.568. The SMILES string of the molecule is C#Cc1cccc(NC(=O)NC(C)CCCCCC)c1. The zero-order chi connectivity index (χ0) is 14.8. The lowest BCUT2D eigenvalue weighted by Gasteiger charge is -2.14. The molecule has 0 saturated carbocycles. The van der Waals surface area contributed by atoms with Gasteiger partial charge in [0, 0.05) is 17.3 Å². The summed E-state index contributed by atoms with van der Waals surface area (Å²) < 4.78 is 0. The van der Waals surface area contributed by atoms with Crippen LogP contribution < -0.4 is 10.6 Å². The van der Waals surface area contributed by atoms with Gasteiger partial charge in [0.05, 0.1) is 0 Å². The molecule has 0 heterocycles. The van der Waals surface area contributed by atoms with E-state index < -0.39 is 0 Å². The molecule has 1 rings (SSSR count). The predicted molar refractivity (Wildman–Crippen MR) is 84.8 cm³/mol. The van der Waals surface area contributed by atoms with Crippen LogP contribution in [0.1, 0.15) is 51.5 Å². The standard InChI is InChI=1S/C17H24N2O/c1-4-6-7-8-10-14(3)18-17(20)19-16-12-9-11-15(5-2)13-16/h2,9,11-14H,4,6-8,10H2,1,3H3,(H2,18,19,20). The van der Waals surface area contributed by atoms with Crippen molar-refractivity contribution < 1.29 is 4.79 Å². The lowest BCUT2D eigenvalue weighted by molar-refractivity contribution is 0.248. The summed E-state index contributed by atoms with van der Waals surface area (Å²) in [5.74, 6) is 2.55. The van der Waals surface area contributed by atoms with Crippen molar-refractivity contribution in [3.05, 3.63) is 29.8 Å². The zero-order valence-corrected chi connectivity index (χ0v) is 12.4. The van der Waals surface area contributed by atoms with Crippen LogP contribution in [0.25, 0.3) is 0 Å². The van der Waals surface area contributed by atoms with Crippen molar-refractivity contribution in [1.29, 1.82) is 0 Å².